The number of alkyl halides is 3. The summed E-state index contributed by atoms with van der Waals surface area (Å²) in [5.41, 5.74) is 1.11. The Labute approximate surface area is 206 Å². The molecule has 0 radical (unpaired) electrons. The van der Waals surface area contributed by atoms with Crippen LogP contribution in [0.2, 0.25) is 5.02 Å². The first-order valence-electron chi connectivity index (χ1n) is 11.2. The van der Waals surface area contributed by atoms with E-state index in [-0.39, 0.29) is 24.3 Å². The minimum Gasteiger partial charge on any atom is -0.351 e. The van der Waals surface area contributed by atoms with Gasteiger partial charge in [-0.1, -0.05) is 43.6 Å². The van der Waals surface area contributed by atoms with Crippen LogP contribution < -0.4 is 5.32 Å². The van der Waals surface area contributed by atoms with Crippen molar-refractivity contribution in [1.82, 2.24) is 19.9 Å². The van der Waals surface area contributed by atoms with Gasteiger partial charge in [0.15, 0.2) is 0 Å². The number of carbonyl (C=O) groups is 1. The number of halogens is 4. The Hall–Kier alpha value is -3.39. The highest BCUT2D eigenvalue weighted by atomic mass is 35.5. The maximum Gasteiger partial charge on any atom is 0.416 e. The van der Waals surface area contributed by atoms with E-state index in [9.17, 15) is 18.0 Å². The molecule has 4 rings (SSSR count). The number of benzene rings is 2. The van der Waals surface area contributed by atoms with Gasteiger partial charge in [0.1, 0.15) is 0 Å². The van der Waals surface area contributed by atoms with Crippen molar-refractivity contribution in [2.24, 2.45) is 5.92 Å². The SMILES string of the molecule is CC(C)CC(CNC(=O)c1cn(-c2ncccn2)c2cccc(Cl)c12)c1ccc(C(F)(F)F)cc1. The summed E-state index contributed by atoms with van der Waals surface area (Å²) in [7, 11) is 0. The van der Waals surface area contributed by atoms with Gasteiger partial charge in [-0.25, -0.2) is 9.97 Å². The monoisotopic (exact) mass is 500 g/mol. The van der Waals surface area contributed by atoms with Crippen LogP contribution in [0.15, 0.2) is 67.1 Å². The van der Waals surface area contributed by atoms with Crippen LogP contribution >= 0.6 is 11.6 Å². The molecule has 0 saturated carbocycles. The molecule has 2 aromatic carbocycles. The molecule has 0 fully saturated rings. The molecule has 0 spiro atoms. The molecule has 2 heterocycles. The normalized spacial score (nSPS) is 12.8. The average Bonchev–Trinajstić information content (AvgIpc) is 3.23. The zero-order chi connectivity index (χ0) is 25.2. The number of hydrogen-bond acceptors (Lipinski definition) is 3. The van der Waals surface area contributed by atoms with Crippen molar-refractivity contribution >= 4 is 28.4 Å². The Kier molecular flexibility index (Phi) is 7.12. The second-order valence-corrected chi connectivity index (χ2v) is 9.16. The number of nitrogens with zero attached hydrogens (tertiary/aromatic N) is 3. The van der Waals surface area contributed by atoms with Gasteiger partial charge >= 0.3 is 6.18 Å². The Morgan fingerprint density at radius 3 is 2.37 bits per heavy atom. The lowest BCUT2D eigenvalue weighted by Crippen LogP contribution is -2.29. The molecule has 1 unspecified atom stereocenters. The van der Waals surface area contributed by atoms with Gasteiger partial charge in [-0.05, 0) is 48.2 Å². The molecule has 1 N–H and O–H groups in total. The summed E-state index contributed by atoms with van der Waals surface area (Å²) in [6.07, 6.45) is 1.18. The summed E-state index contributed by atoms with van der Waals surface area (Å²) in [6.45, 7) is 4.33. The topological polar surface area (TPSA) is 59.8 Å². The molecule has 0 aliphatic carbocycles. The van der Waals surface area contributed by atoms with Crippen molar-refractivity contribution in [3.05, 3.63) is 88.8 Å². The Balaban J connectivity index is 1.61. The molecule has 0 saturated heterocycles. The van der Waals surface area contributed by atoms with Gasteiger partial charge in [0.05, 0.1) is 21.7 Å². The number of amides is 1. The first-order chi connectivity index (χ1) is 16.6. The summed E-state index contributed by atoms with van der Waals surface area (Å²) < 4.78 is 40.6. The van der Waals surface area contributed by atoms with E-state index in [1.807, 2.05) is 19.9 Å². The van der Waals surface area contributed by atoms with E-state index in [0.717, 1.165) is 17.7 Å². The molecule has 0 aliphatic heterocycles. The predicted octanol–water partition coefficient (Wildman–Crippen LogP) is 6.65. The molecule has 0 bridgehead atoms. The molecule has 2 aromatic heterocycles. The van der Waals surface area contributed by atoms with Crippen molar-refractivity contribution in [1.29, 1.82) is 0 Å². The number of fused-ring (bicyclic) bond motifs is 1. The average molecular weight is 501 g/mol. The fourth-order valence-corrected chi connectivity index (χ4v) is 4.43. The van der Waals surface area contributed by atoms with Crippen LogP contribution in [-0.2, 0) is 6.18 Å². The molecular formula is C26H24ClF3N4O. The first-order valence-corrected chi connectivity index (χ1v) is 11.5. The van der Waals surface area contributed by atoms with E-state index in [1.165, 1.54) is 12.1 Å². The molecule has 1 amide bonds. The lowest BCUT2D eigenvalue weighted by molar-refractivity contribution is -0.137. The maximum absolute atomic E-state index is 13.3. The minimum absolute atomic E-state index is 0.150. The second kappa shape index (κ2) is 10.1. The number of carbonyl (C=O) groups excluding carboxylic acids is 1. The summed E-state index contributed by atoms with van der Waals surface area (Å²) in [5.74, 6) is 0.202. The first kappa shape index (κ1) is 24.7. The second-order valence-electron chi connectivity index (χ2n) is 8.75. The van der Waals surface area contributed by atoms with Gasteiger partial charge in [-0.3, -0.25) is 9.36 Å². The molecule has 35 heavy (non-hydrogen) atoms. The Bertz CT molecular complexity index is 1320. The fourth-order valence-electron chi connectivity index (χ4n) is 4.16. The van der Waals surface area contributed by atoms with Crippen molar-refractivity contribution in [3.8, 4) is 5.95 Å². The molecular weight excluding hydrogens is 477 g/mol. The summed E-state index contributed by atoms with van der Waals surface area (Å²) in [4.78, 5) is 21.8. The standard InChI is InChI=1S/C26H24ClF3N4O/c1-16(2)13-18(17-7-9-19(10-8-17)26(28,29)30)14-33-24(35)20-15-34(25-31-11-4-12-32-25)22-6-3-5-21(27)23(20)22/h3-12,15-16,18H,13-14H2,1-2H3,(H,33,35). The van der Waals surface area contributed by atoms with Crippen molar-refractivity contribution in [2.45, 2.75) is 32.4 Å². The van der Waals surface area contributed by atoms with Crippen molar-refractivity contribution in [2.75, 3.05) is 6.54 Å². The van der Waals surface area contributed by atoms with Gasteiger partial charge in [-0.2, -0.15) is 13.2 Å². The minimum atomic E-state index is -4.39. The van der Waals surface area contributed by atoms with Crippen LogP contribution in [-0.4, -0.2) is 27.0 Å². The van der Waals surface area contributed by atoms with Crippen LogP contribution in [0, 0.1) is 5.92 Å². The zero-order valence-corrected chi connectivity index (χ0v) is 19.9. The van der Waals surface area contributed by atoms with Crippen molar-refractivity contribution < 1.29 is 18.0 Å². The van der Waals surface area contributed by atoms with Crippen molar-refractivity contribution in [3.63, 3.8) is 0 Å². The lowest BCUT2D eigenvalue weighted by Gasteiger charge is -2.21. The highest BCUT2D eigenvalue weighted by Gasteiger charge is 2.30. The third-order valence-electron chi connectivity index (χ3n) is 5.77. The van der Waals surface area contributed by atoms with Gasteiger partial charge in [0.2, 0.25) is 5.95 Å². The van der Waals surface area contributed by atoms with E-state index in [4.69, 9.17) is 11.6 Å². The smallest absolute Gasteiger partial charge is 0.351 e. The summed E-state index contributed by atoms with van der Waals surface area (Å²) in [6, 6.07) is 12.2. The third kappa shape index (κ3) is 5.48. The Morgan fingerprint density at radius 2 is 1.74 bits per heavy atom. The van der Waals surface area contributed by atoms with E-state index < -0.39 is 11.7 Å². The van der Waals surface area contributed by atoms with E-state index in [1.54, 1.807) is 41.4 Å². The highest BCUT2D eigenvalue weighted by Crippen LogP contribution is 2.32. The number of aromatic nitrogens is 3. The van der Waals surface area contributed by atoms with Crippen LogP contribution in [0.5, 0.6) is 0 Å². The zero-order valence-electron chi connectivity index (χ0n) is 19.2. The van der Waals surface area contributed by atoms with Crippen LogP contribution in [0.4, 0.5) is 13.2 Å². The van der Waals surface area contributed by atoms with Crippen LogP contribution in [0.3, 0.4) is 0 Å². The Morgan fingerprint density at radius 1 is 1.06 bits per heavy atom. The fraction of sp³-hybridized carbons (Fsp3) is 0.269. The quantitative estimate of drug-likeness (QED) is 0.309. The highest BCUT2D eigenvalue weighted by molar-refractivity contribution is 6.37. The third-order valence-corrected chi connectivity index (χ3v) is 6.08. The number of hydrogen-bond donors (Lipinski definition) is 1. The lowest BCUT2D eigenvalue weighted by atomic mass is 9.89. The van der Waals surface area contributed by atoms with E-state index >= 15 is 0 Å². The molecule has 182 valence electrons. The summed E-state index contributed by atoms with van der Waals surface area (Å²) in [5, 5.41) is 3.96. The molecule has 9 heteroatoms. The molecule has 5 nitrogen and oxygen atoms in total. The van der Waals surface area contributed by atoms with Gasteiger partial charge < -0.3 is 5.32 Å². The molecule has 1 atom stereocenters. The van der Waals surface area contributed by atoms with Gasteiger partial charge in [0.25, 0.3) is 5.91 Å². The number of rotatable bonds is 7. The predicted molar refractivity (Wildman–Crippen MR) is 130 cm³/mol. The summed E-state index contributed by atoms with van der Waals surface area (Å²) >= 11 is 6.46. The van der Waals surface area contributed by atoms with Crippen LogP contribution in [0.25, 0.3) is 16.9 Å². The maximum atomic E-state index is 13.3. The van der Waals surface area contributed by atoms with Gasteiger partial charge in [0, 0.05) is 36.4 Å². The van der Waals surface area contributed by atoms with E-state index in [2.05, 4.69) is 15.3 Å². The molecule has 4 aromatic rings. The van der Waals surface area contributed by atoms with E-state index in [0.29, 0.717) is 33.9 Å². The van der Waals surface area contributed by atoms with Crippen LogP contribution in [0.1, 0.15) is 47.7 Å². The van der Waals surface area contributed by atoms with Gasteiger partial charge in [-0.15, -0.1) is 0 Å². The number of nitrogens with one attached hydrogen (secondary N) is 1. The largest absolute Gasteiger partial charge is 0.416 e. The molecule has 0 aliphatic rings.